The van der Waals surface area contributed by atoms with Crippen LogP contribution in [0.2, 0.25) is 0 Å². The number of benzene rings is 1. The van der Waals surface area contributed by atoms with Crippen LogP contribution in [0, 0.1) is 13.8 Å². The molecule has 31 heavy (non-hydrogen) atoms. The van der Waals surface area contributed by atoms with Crippen molar-refractivity contribution in [2.45, 2.75) is 20.5 Å². The molecule has 0 unspecified atom stereocenters. The molecule has 0 spiro atoms. The molecular formula is C21H19N7O2S. The highest BCUT2D eigenvalue weighted by molar-refractivity contribution is 7.12. The molecule has 5 aromatic rings. The molecule has 0 aliphatic carbocycles. The summed E-state index contributed by atoms with van der Waals surface area (Å²) in [6.07, 6.45) is 5.09. The first-order valence-corrected chi connectivity index (χ1v) is 10.4. The van der Waals surface area contributed by atoms with Gasteiger partial charge in [0.15, 0.2) is 28.9 Å². The first kappa shape index (κ1) is 19.2. The average Bonchev–Trinajstić information content (AvgIpc) is 3.51. The fourth-order valence-electron chi connectivity index (χ4n) is 3.41. The topological polar surface area (TPSA) is 91.7 Å². The number of oxime groups is 1. The van der Waals surface area contributed by atoms with Crippen molar-refractivity contribution in [1.29, 1.82) is 0 Å². The van der Waals surface area contributed by atoms with Crippen LogP contribution in [0.5, 0.6) is 5.75 Å². The summed E-state index contributed by atoms with van der Waals surface area (Å²) in [6.45, 7) is 4.28. The van der Waals surface area contributed by atoms with Crippen LogP contribution >= 0.6 is 11.3 Å². The third-order valence-electron chi connectivity index (χ3n) is 5.07. The zero-order valence-corrected chi connectivity index (χ0v) is 18.0. The monoisotopic (exact) mass is 433 g/mol. The van der Waals surface area contributed by atoms with Crippen LogP contribution in [-0.2, 0) is 11.4 Å². The highest BCUT2D eigenvalue weighted by atomic mass is 32.1. The Kier molecular flexibility index (Phi) is 4.83. The predicted octanol–water partition coefficient (Wildman–Crippen LogP) is 3.70. The van der Waals surface area contributed by atoms with Gasteiger partial charge in [-0.05, 0) is 49.2 Å². The molecule has 0 bridgehead atoms. The first-order valence-electron chi connectivity index (χ1n) is 9.57. The Morgan fingerprint density at radius 1 is 1.13 bits per heavy atom. The van der Waals surface area contributed by atoms with Crippen LogP contribution in [0.15, 0.2) is 47.3 Å². The van der Waals surface area contributed by atoms with Gasteiger partial charge in [-0.15, -0.1) is 16.4 Å². The van der Waals surface area contributed by atoms with Crippen molar-refractivity contribution in [1.82, 2.24) is 29.1 Å². The largest absolute Gasteiger partial charge is 0.497 e. The van der Waals surface area contributed by atoms with E-state index in [9.17, 15) is 0 Å². The Bertz CT molecular complexity index is 1390. The summed E-state index contributed by atoms with van der Waals surface area (Å²) in [6, 6.07) is 7.53. The average molecular weight is 433 g/mol. The van der Waals surface area contributed by atoms with E-state index in [0.29, 0.717) is 5.82 Å². The minimum atomic E-state index is 0.154. The third-order valence-corrected chi connectivity index (χ3v) is 5.83. The molecule has 0 aliphatic rings. The Labute approximate surface area is 181 Å². The minimum absolute atomic E-state index is 0.154. The number of aromatic nitrogens is 6. The molecule has 0 atom stereocenters. The second-order valence-electron chi connectivity index (χ2n) is 6.88. The van der Waals surface area contributed by atoms with Gasteiger partial charge in [0.2, 0.25) is 0 Å². The maximum Gasteiger partial charge on any atom is 0.195 e. The molecular weight excluding hydrogens is 414 g/mol. The van der Waals surface area contributed by atoms with E-state index in [1.165, 1.54) is 0 Å². The molecule has 4 heterocycles. The number of ether oxygens (including phenoxy) is 1. The SMILES string of the molecule is COc1ccc(C=NOCc2nc3c4c(C)c(C)n(-c5nccs5)c4ncn3n2)cc1. The van der Waals surface area contributed by atoms with Gasteiger partial charge in [-0.25, -0.2) is 19.5 Å². The van der Waals surface area contributed by atoms with Crippen molar-refractivity contribution < 1.29 is 9.57 Å². The molecule has 0 saturated heterocycles. The molecule has 0 fully saturated rings. The van der Waals surface area contributed by atoms with E-state index in [2.05, 4.69) is 43.6 Å². The van der Waals surface area contributed by atoms with Crippen molar-refractivity contribution in [2.24, 2.45) is 5.16 Å². The van der Waals surface area contributed by atoms with Gasteiger partial charge >= 0.3 is 0 Å². The first-order chi connectivity index (χ1) is 15.2. The summed E-state index contributed by atoms with van der Waals surface area (Å²) in [7, 11) is 1.63. The quantitative estimate of drug-likeness (QED) is 0.300. The summed E-state index contributed by atoms with van der Waals surface area (Å²) in [4.78, 5) is 19.1. The number of rotatable bonds is 6. The van der Waals surface area contributed by atoms with E-state index in [0.717, 1.165) is 44.4 Å². The van der Waals surface area contributed by atoms with Crippen LogP contribution < -0.4 is 4.74 Å². The van der Waals surface area contributed by atoms with E-state index >= 15 is 0 Å². The Balaban J connectivity index is 1.41. The molecule has 5 rings (SSSR count). The van der Waals surface area contributed by atoms with Gasteiger partial charge in [-0.3, -0.25) is 4.57 Å². The van der Waals surface area contributed by atoms with E-state index < -0.39 is 0 Å². The highest BCUT2D eigenvalue weighted by Gasteiger charge is 2.19. The minimum Gasteiger partial charge on any atom is -0.497 e. The fourth-order valence-corrected chi connectivity index (χ4v) is 4.10. The van der Waals surface area contributed by atoms with Gasteiger partial charge in [0.25, 0.3) is 0 Å². The van der Waals surface area contributed by atoms with Crippen LogP contribution in [-0.4, -0.2) is 42.5 Å². The number of aryl methyl sites for hydroxylation is 1. The summed E-state index contributed by atoms with van der Waals surface area (Å²) in [5, 5.41) is 12.3. The second-order valence-corrected chi connectivity index (χ2v) is 7.75. The van der Waals surface area contributed by atoms with Crippen molar-refractivity contribution in [3.05, 3.63) is 64.8 Å². The fraction of sp³-hybridized carbons (Fsp3) is 0.190. The summed E-state index contributed by atoms with van der Waals surface area (Å²) < 4.78 is 8.87. The van der Waals surface area contributed by atoms with Gasteiger partial charge in [0.05, 0.1) is 18.7 Å². The van der Waals surface area contributed by atoms with E-state index in [1.807, 2.05) is 29.6 Å². The van der Waals surface area contributed by atoms with Crippen LogP contribution in [0.4, 0.5) is 0 Å². The molecule has 10 heteroatoms. The lowest BCUT2D eigenvalue weighted by atomic mass is 10.2. The summed E-state index contributed by atoms with van der Waals surface area (Å²) >= 11 is 1.57. The van der Waals surface area contributed by atoms with Gasteiger partial charge in [0.1, 0.15) is 12.1 Å². The van der Waals surface area contributed by atoms with Crippen LogP contribution in [0.25, 0.3) is 21.8 Å². The molecule has 9 nitrogen and oxygen atoms in total. The van der Waals surface area contributed by atoms with E-state index in [1.54, 1.807) is 41.7 Å². The zero-order valence-electron chi connectivity index (χ0n) is 17.2. The number of fused-ring (bicyclic) bond motifs is 3. The molecule has 1 aromatic carbocycles. The molecule has 4 aromatic heterocycles. The number of hydrogen-bond donors (Lipinski definition) is 0. The van der Waals surface area contributed by atoms with E-state index in [4.69, 9.17) is 9.57 Å². The number of nitrogens with zero attached hydrogens (tertiary/aromatic N) is 7. The van der Waals surface area contributed by atoms with Crippen molar-refractivity contribution in [3.63, 3.8) is 0 Å². The lowest BCUT2D eigenvalue weighted by molar-refractivity contribution is 0.126. The molecule has 0 saturated carbocycles. The molecule has 0 aliphatic heterocycles. The van der Waals surface area contributed by atoms with Crippen molar-refractivity contribution >= 4 is 34.2 Å². The molecule has 0 N–H and O–H groups in total. The second kappa shape index (κ2) is 7.80. The summed E-state index contributed by atoms with van der Waals surface area (Å²) in [5.41, 5.74) is 4.63. The maximum absolute atomic E-state index is 5.41. The Morgan fingerprint density at radius 3 is 2.71 bits per heavy atom. The third kappa shape index (κ3) is 3.40. The lowest BCUT2D eigenvalue weighted by Crippen LogP contribution is -1.98. The highest BCUT2D eigenvalue weighted by Crippen LogP contribution is 2.30. The summed E-state index contributed by atoms with van der Waals surface area (Å²) in [5.74, 6) is 1.32. The molecule has 0 radical (unpaired) electrons. The Hall–Kier alpha value is -3.79. The number of hydrogen-bond acceptors (Lipinski definition) is 8. The van der Waals surface area contributed by atoms with Crippen LogP contribution in [0.3, 0.4) is 0 Å². The predicted molar refractivity (Wildman–Crippen MR) is 118 cm³/mol. The maximum atomic E-state index is 5.41. The van der Waals surface area contributed by atoms with Gasteiger partial charge in [-0.2, -0.15) is 0 Å². The standard InChI is InChI=1S/C21H19N7O2S/c1-13-14(2)28(21-22-8-9-31-21)19-18(13)20-25-17(26-27(20)12-23-19)11-30-24-10-15-4-6-16(29-3)7-5-15/h4-10,12H,11H2,1-3H3. The number of methoxy groups -OCH3 is 1. The number of thiazole rings is 1. The Morgan fingerprint density at radius 2 is 1.97 bits per heavy atom. The normalized spacial score (nSPS) is 11.7. The smallest absolute Gasteiger partial charge is 0.195 e. The van der Waals surface area contributed by atoms with Gasteiger partial charge < -0.3 is 9.57 Å². The van der Waals surface area contributed by atoms with Gasteiger partial charge in [-0.1, -0.05) is 5.16 Å². The van der Waals surface area contributed by atoms with E-state index in [-0.39, 0.29) is 6.61 Å². The van der Waals surface area contributed by atoms with Crippen LogP contribution in [0.1, 0.15) is 22.6 Å². The van der Waals surface area contributed by atoms with Crippen molar-refractivity contribution in [2.75, 3.05) is 7.11 Å². The lowest BCUT2D eigenvalue weighted by Gasteiger charge is -2.02. The van der Waals surface area contributed by atoms with Gasteiger partial charge in [0, 0.05) is 17.3 Å². The zero-order chi connectivity index (χ0) is 21.4. The molecule has 156 valence electrons. The molecule has 0 amide bonds. The van der Waals surface area contributed by atoms with Crippen molar-refractivity contribution in [3.8, 4) is 10.9 Å².